The zero-order valence-electron chi connectivity index (χ0n) is 10.5. The molecule has 2 heterocycles. The smallest absolute Gasteiger partial charge is 0.166 e. The number of rotatable bonds is 3. The monoisotopic (exact) mass is 313 g/mol. The first-order chi connectivity index (χ1) is 8.47. The molecule has 0 aliphatic carbocycles. The molecule has 0 bridgehead atoms. The molecule has 0 unspecified atom stereocenters. The van der Waals surface area contributed by atoms with Gasteiger partial charge in [-0.15, -0.1) is 0 Å². The molecule has 0 saturated carbocycles. The number of hydrogen-bond acceptors (Lipinski definition) is 2. The van der Waals surface area contributed by atoms with E-state index in [0.717, 1.165) is 13.1 Å². The maximum atomic E-state index is 13.3. The number of hydrogen-bond donors (Lipinski definition) is 1. The van der Waals surface area contributed by atoms with Crippen molar-refractivity contribution in [1.29, 1.82) is 5.41 Å². The lowest BCUT2D eigenvalue weighted by Crippen LogP contribution is -2.49. The highest BCUT2D eigenvalue weighted by atomic mass is 79.9. The Bertz CT molecular complexity index is 515. The molecule has 1 aromatic rings. The number of pyridine rings is 1. The van der Waals surface area contributed by atoms with Crippen LogP contribution in [0.4, 0.5) is 4.39 Å². The van der Waals surface area contributed by atoms with E-state index in [4.69, 9.17) is 5.41 Å². The first kappa shape index (κ1) is 13.5. The third kappa shape index (κ3) is 2.90. The number of nitrogens with zero attached hydrogens (tertiary/aromatic N) is 2. The minimum Gasteiger partial charge on any atom is -0.306 e. The van der Waals surface area contributed by atoms with Crippen molar-refractivity contribution in [3.8, 4) is 0 Å². The van der Waals surface area contributed by atoms with Gasteiger partial charge in [0.2, 0.25) is 0 Å². The van der Waals surface area contributed by atoms with Gasteiger partial charge in [-0.25, -0.2) is 4.39 Å². The van der Waals surface area contributed by atoms with Crippen molar-refractivity contribution < 1.29 is 4.39 Å². The molecule has 0 amide bonds. The number of halogens is 2. The Morgan fingerprint density at radius 1 is 1.50 bits per heavy atom. The third-order valence-electron chi connectivity index (χ3n) is 3.20. The van der Waals surface area contributed by atoms with Gasteiger partial charge >= 0.3 is 0 Å². The second-order valence-corrected chi connectivity index (χ2v) is 5.83. The number of likely N-dealkylation sites (tertiary alicyclic amines) is 1. The van der Waals surface area contributed by atoms with Crippen LogP contribution in [0.3, 0.4) is 0 Å². The van der Waals surface area contributed by atoms with Gasteiger partial charge in [0, 0.05) is 41.9 Å². The predicted molar refractivity (Wildman–Crippen MR) is 73.5 cm³/mol. The van der Waals surface area contributed by atoms with Crippen molar-refractivity contribution >= 4 is 22.1 Å². The van der Waals surface area contributed by atoms with Gasteiger partial charge in [-0.1, -0.05) is 6.08 Å². The van der Waals surface area contributed by atoms with Gasteiger partial charge in [0.15, 0.2) is 11.3 Å². The summed E-state index contributed by atoms with van der Waals surface area (Å²) in [5, 5.41) is 7.62. The highest BCUT2D eigenvalue weighted by Gasteiger charge is 2.25. The quantitative estimate of drug-likeness (QED) is 0.914. The highest BCUT2D eigenvalue weighted by molar-refractivity contribution is 9.10. The van der Waals surface area contributed by atoms with Crippen molar-refractivity contribution in [1.82, 2.24) is 9.47 Å². The van der Waals surface area contributed by atoms with Gasteiger partial charge in [-0.3, -0.25) is 10.3 Å². The Labute approximate surface area is 115 Å². The van der Waals surface area contributed by atoms with Crippen LogP contribution >= 0.6 is 15.9 Å². The summed E-state index contributed by atoms with van der Waals surface area (Å²) in [4.78, 5) is 2.38. The molecule has 0 spiro atoms. The average molecular weight is 314 g/mol. The van der Waals surface area contributed by atoms with E-state index in [0.29, 0.717) is 16.4 Å². The summed E-state index contributed by atoms with van der Waals surface area (Å²) >= 11 is 3.23. The molecule has 0 atom stereocenters. The maximum absolute atomic E-state index is 13.3. The summed E-state index contributed by atoms with van der Waals surface area (Å²) in [6.45, 7) is 6.44. The summed E-state index contributed by atoms with van der Waals surface area (Å²) in [5.41, 5.74) is -0.116. The normalized spacial score (nSPS) is 17.6. The first-order valence-corrected chi connectivity index (χ1v) is 6.81. The lowest BCUT2D eigenvalue weighted by Gasteiger charge is -2.40. The largest absolute Gasteiger partial charge is 0.306 e. The lowest BCUT2D eigenvalue weighted by atomic mass is 9.98. The average Bonchev–Trinajstić information content (AvgIpc) is 2.21. The van der Waals surface area contributed by atoms with Gasteiger partial charge in [0.25, 0.3) is 0 Å². The van der Waals surface area contributed by atoms with E-state index in [1.54, 1.807) is 12.4 Å². The van der Waals surface area contributed by atoms with Crippen LogP contribution in [-0.2, 0) is 0 Å². The Balaban J connectivity index is 2.05. The zero-order chi connectivity index (χ0) is 13.3. The van der Waals surface area contributed by atoms with Crippen molar-refractivity contribution in [2.45, 2.75) is 19.9 Å². The molecular formula is C13H17BrFN3. The molecule has 98 valence electrons. The summed E-state index contributed by atoms with van der Waals surface area (Å²) in [5.74, 6) is -0.0206. The molecule has 5 heteroatoms. The summed E-state index contributed by atoms with van der Waals surface area (Å²) in [6.07, 6.45) is 5.52. The molecular weight excluding hydrogens is 297 g/mol. The minimum absolute atomic E-state index is 0.116. The molecule has 0 aromatic carbocycles. The fourth-order valence-electron chi connectivity index (χ4n) is 1.97. The first-order valence-electron chi connectivity index (χ1n) is 6.01. The van der Waals surface area contributed by atoms with Crippen molar-refractivity contribution in [3.63, 3.8) is 0 Å². The second kappa shape index (κ2) is 5.36. The van der Waals surface area contributed by atoms with Crippen LogP contribution in [-0.4, -0.2) is 28.6 Å². The number of aromatic nitrogens is 1. The standard InChI is InChI=1S/C13H17BrFN3/c1-9(2)18-6-10(7-18)3-4-17-8-11(14)5-12(15)13(17)16/h3-5,8-10,16H,6-7H2,1-2H3/b4-3+,16-13?. The highest BCUT2D eigenvalue weighted by Crippen LogP contribution is 2.19. The Hall–Kier alpha value is -0.940. The fraction of sp³-hybridized carbons (Fsp3) is 0.462. The second-order valence-electron chi connectivity index (χ2n) is 4.91. The Kier molecular flexibility index (Phi) is 4.02. The van der Waals surface area contributed by atoms with Gasteiger partial charge in [0.1, 0.15) is 0 Å². The molecule has 1 N–H and O–H groups in total. The molecule has 1 fully saturated rings. The van der Waals surface area contributed by atoms with E-state index in [-0.39, 0.29) is 5.49 Å². The summed E-state index contributed by atoms with van der Waals surface area (Å²) in [6, 6.07) is 1.88. The van der Waals surface area contributed by atoms with E-state index < -0.39 is 5.82 Å². The van der Waals surface area contributed by atoms with Gasteiger partial charge < -0.3 is 4.57 Å². The van der Waals surface area contributed by atoms with Crippen LogP contribution in [0.1, 0.15) is 13.8 Å². The maximum Gasteiger partial charge on any atom is 0.166 e. The molecule has 2 rings (SSSR count). The van der Waals surface area contributed by atoms with Crippen LogP contribution in [0.2, 0.25) is 0 Å². The molecule has 3 nitrogen and oxygen atoms in total. The predicted octanol–water partition coefficient (Wildman–Crippen LogP) is 2.68. The van der Waals surface area contributed by atoms with Gasteiger partial charge in [-0.2, -0.15) is 0 Å². The fourth-order valence-corrected chi connectivity index (χ4v) is 2.39. The van der Waals surface area contributed by atoms with Crippen molar-refractivity contribution in [2.75, 3.05) is 13.1 Å². The van der Waals surface area contributed by atoms with Crippen LogP contribution in [0.5, 0.6) is 0 Å². The SMILES string of the molecule is CC(C)N1CC(/C=C/n2cc(Br)cc(F)c2=N)C1. The van der Waals surface area contributed by atoms with Gasteiger partial charge in [0.05, 0.1) is 0 Å². The molecule has 1 saturated heterocycles. The summed E-state index contributed by atoms with van der Waals surface area (Å²) in [7, 11) is 0. The topological polar surface area (TPSA) is 32.0 Å². The van der Waals surface area contributed by atoms with Crippen LogP contribution in [0.15, 0.2) is 22.8 Å². The Morgan fingerprint density at radius 3 is 2.78 bits per heavy atom. The van der Waals surface area contributed by atoms with Crippen LogP contribution in [0.25, 0.3) is 6.20 Å². The zero-order valence-corrected chi connectivity index (χ0v) is 12.1. The Morgan fingerprint density at radius 2 is 2.17 bits per heavy atom. The van der Waals surface area contributed by atoms with E-state index in [2.05, 4.69) is 34.7 Å². The molecule has 1 aliphatic heterocycles. The van der Waals surface area contributed by atoms with E-state index in [1.165, 1.54) is 10.6 Å². The van der Waals surface area contributed by atoms with E-state index in [1.807, 2.05) is 6.08 Å². The van der Waals surface area contributed by atoms with E-state index >= 15 is 0 Å². The lowest BCUT2D eigenvalue weighted by molar-refractivity contribution is 0.0945. The molecule has 0 radical (unpaired) electrons. The van der Waals surface area contributed by atoms with Crippen molar-refractivity contribution in [3.05, 3.63) is 34.1 Å². The van der Waals surface area contributed by atoms with E-state index in [9.17, 15) is 4.39 Å². The third-order valence-corrected chi connectivity index (χ3v) is 3.63. The molecule has 18 heavy (non-hydrogen) atoms. The minimum atomic E-state index is -0.522. The van der Waals surface area contributed by atoms with Crippen molar-refractivity contribution in [2.24, 2.45) is 5.92 Å². The number of nitrogens with one attached hydrogen (secondary N) is 1. The molecule has 1 aromatic heterocycles. The van der Waals surface area contributed by atoms with Crippen LogP contribution in [0, 0.1) is 17.1 Å². The van der Waals surface area contributed by atoms with Gasteiger partial charge in [-0.05, 0) is 35.8 Å². The van der Waals surface area contributed by atoms with Crippen LogP contribution < -0.4 is 5.49 Å². The molecule has 1 aliphatic rings. The summed E-state index contributed by atoms with van der Waals surface area (Å²) < 4.78 is 15.5.